The minimum Gasteiger partial charge on any atom is -0.320 e. The van der Waals surface area contributed by atoms with Crippen LogP contribution in [0.15, 0.2) is 16.6 Å². The van der Waals surface area contributed by atoms with E-state index in [2.05, 4.69) is 15.9 Å². The van der Waals surface area contributed by atoms with Crippen molar-refractivity contribution in [3.05, 3.63) is 28.0 Å². The second kappa shape index (κ2) is 4.75. The second-order valence-electron chi connectivity index (χ2n) is 4.14. The maximum atomic E-state index is 13.7. The molecule has 2 N–H and O–H groups in total. The third-order valence-corrected chi connectivity index (χ3v) is 3.51. The smallest absolute Gasteiger partial charge is 0.320 e. The van der Waals surface area contributed by atoms with E-state index in [0.717, 1.165) is 17.0 Å². The van der Waals surface area contributed by atoms with Gasteiger partial charge in [0.05, 0.1) is 16.2 Å². The van der Waals surface area contributed by atoms with Crippen LogP contribution >= 0.6 is 15.9 Å². The van der Waals surface area contributed by atoms with Gasteiger partial charge in [-0.1, -0.05) is 0 Å². The molecule has 0 spiro atoms. The van der Waals surface area contributed by atoms with Gasteiger partial charge in [0.25, 0.3) is 0 Å². The quantitative estimate of drug-likeness (QED) is 0.799. The molecule has 0 saturated carbocycles. The van der Waals surface area contributed by atoms with Crippen LogP contribution in [0.3, 0.4) is 0 Å². The fraction of sp³-hybridized carbons (Fsp3) is 0.364. The van der Waals surface area contributed by atoms with E-state index in [9.17, 15) is 22.4 Å². The number of nitrogens with two attached hydrogens (primary N) is 1. The van der Waals surface area contributed by atoms with E-state index in [4.69, 9.17) is 5.73 Å². The highest BCUT2D eigenvalue weighted by atomic mass is 79.9. The Bertz CT molecular complexity index is 532. The van der Waals surface area contributed by atoms with Gasteiger partial charge in [0.15, 0.2) is 5.82 Å². The first-order chi connectivity index (χ1) is 8.73. The molecule has 0 aliphatic carbocycles. The summed E-state index contributed by atoms with van der Waals surface area (Å²) in [5.74, 6) is -2.06. The van der Waals surface area contributed by atoms with Gasteiger partial charge < -0.3 is 10.6 Å². The fourth-order valence-electron chi connectivity index (χ4n) is 1.98. The number of alkyl halides is 3. The first-order valence-corrected chi connectivity index (χ1v) is 6.15. The number of carbonyl (C=O) groups is 1. The Balaban J connectivity index is 2.58. The summed E-state index contributed by atoms with van der Waals surface area (Å²) in [5, 5.41) is 0. The number of rotatable bonds is 1. The summed E-state index contributed by atoms with van der Waals surface area (Å²) in [4.78, 5) is 12.6. The molecular weight excluding hydrogens is 332 g/mol. The molecule has 1 amide bonds. The second-order valence-corrected chi connectivity index (χ2v) is 4.99. The zero-order valence-electron chi connectivity index (χ0n) is 9.47. The lowest BCUT2D eigenvalue weighted by Gasteiger charge is -2.22. The normalized spacial score (nSPS) is 20.2. The third kappa shape index (κ3) is 2.46. The van der Waals surface area contributed by atoms with Crippen molar-refractivity contribution in [1.29, 1.82) is 0 Å². The van der Waals surface area contributed by atoms with Gasteiger partial charge in [-0.05, 0) is 34.5 Å². The SMILES string of the molecule is NC1CCN(c2ccc(Br)c(F)c2C(F)(F)F)C1=O. The van der Waals surface area contributed by atoms with Crippen molar-refractivity contribution in [2.45, 2.75) is 18.6 Å². The molecule has 1 heterocycles. The Kier molecular flexibility index (Phi) is 3.57. The summed E-state index contributed by atoms with van der Waals surface area (Å²) in [6, 6.07) is 1.36. The van der Waals surface area contributed by atoms with E-state index in [1.165, 1.54) is 0 Å². The highest BCUT2D eigenvalue weighted by Crippen LogP contribution is 2.41. The molecule has 8 heteroatoms. The number of anilines is 1. The fourth-order valence-corrected chi connectivity index (χ4v) is 2.31. The predicted octanol–water partition coefficient (Wildman–Crippen LogP) is 2.67. The van der Waals surface area contributed by atoms with E-state index in [-0.39, 0.29) is 17.4 Å². The lowest BCUT2D eigenvalue weighted by atomic mass is 10.1. The molecule has 19 heavy (non-hydrogen) atoms. The van der Waals surface area contributed by atoms with Crippen molar-refractivity contribution in [2.24, 2.45) is 5.73 Å². The van der Waals surface area contributed by atoms with Crippen molar-refractivity contribution >= 4 is 27.5 Å². The Hall–Kier alpha value is -1.15. The van der Waals surface area contributed by atoms with E-state index < -0.39 is 35.2 Å². The maximum absolute atomic E-state index is 13.7. The average molecular weight is 341 g/mol. The molecule has 1 saturated heterocycles. The summed E-state index contributed by atoms with van der Waals surface area (Å²) in [5.41, 5.74) is 3.51. The van der Waals surface area contributed by atoms with E-state index in [1.54, 1.807) is 0 Å². The van der Waals surface area contributed by atoms with Gasteiger partial charge in [-0.15, -0.1) is 0 Å². The van der Waals surface area contributed by atoms with Crippen molar-refractivity contribution in [1.82, 2.24) is 0 Å². The third-order valence-electron chi connectivity index (χ3n) is 2.89. The van der Waals surface area contributed by atoms with Gasteiger partial charge in [0.2, 0.25) is 5.91 Å². The lowest BCUT2D eigenvalue weighted by Crippen LogP contribution is -2.35. The molecule has 1 aliphatic heterocycles. The van der Waals surface area contributed by atoms with Crippen LogP contribution in [0.5, 0.6) is 0 Å². The maximum Gasteiger partial charge on any atom is 0.421 e. The molecule has 2 rings (SSSR count). The van der Waals surface area contributed by atoms with Crippen molar-refractivity contribution < 1.29 is 22.4 Å². The molecule has 1 atom stereocenters. The van der Waals surface area contributed by atoms with E-state index >= 15 is 0 Å². The number of halogens is 5. The van der Waals surface area contributed by atoms with Gasteiger partial charge in [-0.2, -0.15) is 13.2 Å². The van der Waals surface area contributed by atoms with Crippen LogP contribution in [0.4, 0.5) is 23.2 Å². The van der Waals surface area contributed by atoms with Crippen molar-refractivity contribution in [3.63, 3.8) is 0 Å². The van der Waals surface area contributed by atoms with Gasteiger partial charge in [0, 0.05) is 6.54 Å². The zero-order valence-corrected chi connectivity index (χ0v) is 11.1. The highest BCUT2D eigenvalue weighted by Gasteiger charge is 2.42. The molecule has 1 aromatic carbocycles. The summed E-state index contributed by atoms with van der Waals surface area (Å²) in [6.45, 7) is 0.0458. The largest absolute Gasteiger partial charge is 0.421 e. The number of carbonyl (C=O) groups excluding carboxylic acids is 1. The van der Waals surface area contributed by atoms with Crippen LogP contribution in [0.2, 0.25) is 0 Å². The number of hydrogen-bond donors (Lipinski definition) is 1. The predicted molar refractivity (Wildman–Crippen MR) is 64.0 cm³/mol. The van der Waals surface area contributed by atoms with Crippen LogP contribution in [0, 0.1) is 5.82 Å². The van der Waals surface area contributed by atoms with Crippen molar-refractivity contribution in [2.75, 3.05) is 11.4 Å². The molecule has 1 fully saturated rings. The van der Waals surface area contributed by atoms with Crippen LogP contribution in [-0.2, 0) is 11.0 Å². The van der Waals surface area contributed by atoms with E-state index in [0.29, 0.717) is 0 Å². The van der Waals surface area contributed by atoms with Gasteiger partial charge in [-0.25, -0.2) is 4.39 Å². The van der Waals surface area contributed by atoms with Gasteiger partial charge >= 0.3 is 6.18 Å². The molecule has 104 valence electrons. The number of benzene rings is 1. The number of amides is 1. The first-order valence-electron chi connectivity index (χ1n) is 5.35. The number of hydrogen-bond acceptors (Lipinski definition) is 2. The summed E-state index contributed by atoms with van der Waals surface area (Å²) in [6.07, 6.45) is -4.65. The van der Waals surface area contributed by atoms with E-state index in [1.807, 2.05) is 0 Å². The Labute approximate surface area is 114 Å². The molecule has 0 bridgehead atoms. The topological polar surface area (TPSA) is 46.3 Å². The average Bonchev–Trinajstić information content (AvgIpc) is 2.62. The minimum absolute atomic E-state index is 0.0458. The molecule has 1 aromatic rings. The molecule has 1 unspecified atom stereocenters. The molecule has 3 nitrogen and oxygen atoms in total. The van der Waals surface area contributed by atoms with Crippen molar-refractivity contribution in [3.8, 4) is 0 Å². The zero-order chi connectivity index (χ0) is 14.4. The monoisotopic (exact) mass is 340 g/mol. The molecular formula is C11H9BrF4N2O. The van der Waals surface area contributed by atoms with Crippen LogP contribution in [-0.4, -0.2) is 18.5 Å². The Morgan fingerprint density at radius 2 is 2.00 bits per heavy atom. The lowest BCUT2D eigenvalue weighted by molar-refractivity contribution is -0.139. The Morgan fingerprint density at radius 3 is 2.47 bits per heavy atom. The Morgan fingerprint density at radius 1 is 1.37 bits per heavy atom. The molecule has 0 aromatic heterocycles. The van der Waals surface area contributed by atoms with Crippen LogP contribution in [0.1, 0.15) is 12.0 Å². The van der Waals surface area contributed by atoms with Gasteiger partial charge in [0.1, 0.15) is 5.56 Å². The molecule has 0 radical (unpaired) electrons. The number of nitrogens with zero attached hydrogens (tertiary/aromatic N) is 1. The highest BCUT2D eigenvalue weighted by molar-refractivity contribution is 9.10. The first kappa shape index (κ1) is 14.3. The summed E-state index contributed by atoms with van der Waals surface area (Å²) >= 11 is 2.71. The standard InChI is InChI=1S/C11H9BrF4N2O/c12-5-1-2-7(8(9(5)13)11(14,15)16)18-4-3-6(17)10(18)19/h1-2,6H,3-4,17H2. The van der Waals surface area contributed by atoms with Crippen LogP contribution in [0.25, 0.3) is 0 Å². The van der Waals surface area contributed by atoms with Crippen LogP contribution < -0.4 is 10.6 Å². The summed E-state index contributed by atoms with van der Waals surface area (Å²) in [7, 11) is 0. The van der Waals surface area contributed by atoms with Gasteiger partial charge in [-0.3, -0.25) is 4.79 Å². The minimum atomic E-state index is -4.89. The molecule has 1 aliphatic rings. The summed E-state index contributed by atoms with van der Waals surface area (Å²) < 4.78 is 52.2.